The van der Waals surface area contributed by atoms with E-state index in [4.69, 9.17) is 4.43 Å². The van der Waals surface area contributed by atoms with Gasteiger partial charge in [-0.1, -0.05) is 45.0 Å². The van der Waals surface area contributed by atoms with Gasteiger partial charge in [0.05, 0.1) is 10.5 Å². The molecule has 0 aliphatic carbocycles. The molecule has 0 radical (unpaired) electrons. The molecule has 0 saturated carbocycles. The van der Waals surface area contributed by atoms with Crippen molar-refractivity contribution in [3.63, 3.8) is 0 Å². The summed E-state index contributed by atoms with van der Waals surface area (Å²) in [5, 5.41) is 15.1. The number of rotatable bonds is 6. The fourth-order valence-electron chi connectivity index (χ4n) is 3.48. The second kappa shape index (κ2) is 7.39. The van der Waals surface area contributed by atoms with Gasteiger partial charge in [0.1, 0.15) is 5.54 Å². The van der Waals surface area contributed by atoms with Crippen molar-refractivity contribution in [2.45, 2.75) is 50.9 Å². The maximum absolute atomic E-state index is 13.5. The van der Waals surface area contributed by atoms with Crippen LogP contribution in [0, 0.1) is 10.1 Å². The summed E-state index contributed by atoms with van der Waals surface area (Å²) in [6.45, 7) is 11.1. The molecule has 0 aromatic heterocycles. The third-order valence-electron chi connectivity index (χ3n) is 6.21. The number of benzene rings is 2. The minimum absolute atomic E-state index is 0.0367. The number of nitrogens with zero attached hydrogens (tertiary/aromatic N) is 1. The molecule has 0 fully saturated rings. The molecule has 29 heavy (non-hydrogen) atoms. The van der Waals surface area contributed by atoms with E-state index < -0.39 is 18.8 Å². The predicted molar refractivity (Wildman–Crippen MR) is 117 cm³/mol. The number of nitrogens with one attached hydrogen (secondary N) is 1. The van der Waals surface area contributed by atoms with Crippen LogP contribution in [0.2, 0.25) is 18.1 Å². The number of hydrogen-bond acceptors (Lipinski definition) is 5. The van der Waals surface area contributed by atoms with E-state index in [1.54, 1.807) is 30.3 Å². The normalized spacial score (nSPS) is 19.0. The maximum atomic E-state index is 13.5. The van der Waals surface area contributed by atoms with Crippen LogP contribution >= 0.6 is 0 Å². The van der Waals surface area contributed by atoms with E-state index in [9.17, 15) is 14.9 Å². The summed E-state index contributed by atoms with van der Waals surface area (Å²) in [6.07, 6.45) is 0.317. The molecule has 0 unspecified atom stereocenters. The summed E-state index contributed by atoms with van der Waals surface area (Å²) in [5.74, 6) is -0.152. The Bertz CT molecular complexity index is 952. The molecule has 3 rings (SSSR count). The standard InChI is InChI=1S/C22H28N2O4Si/c1-21(2,3)29(4,5)28-15-14-22(17-11-7-9-13-19(17)24(26)27)20(25)16-10-6-8-12-18(16)23-22/h6-13,23H,14-15H2,1-5H3/t22-/m1/s1. The lowest BCUT2D eigenvalue weighted by molar-refractivity contribution is -0.385. The summed E-state index contributed by atoms with van der Waals surface area (Å²) >= 11 is 0. The Hall–Kier alpha value is -2.51. The van der Waals surface area contributed by atoms with Crippen molar-refractivity contribution >= 4 is 25.5 Å². The molecule has 2 aromatic carbocycles. The maximum Gasteiger partial charge on any atom is 0.275 e. The van der Waals surface area contributed by atoms with Gasteiger partial charge in [0.2, 0.25) is 0 Å². The zero-order valence-corrected chi connectivity index (χ0v) is 18.6. The number of hydrogen-bond donors (Lipinski definition) is 1. The van der Waals surface area contributed by atoms with Gasteiger partial charge in [-0.2, -0.15) is 0 Å². The van der Waals surface area contributed by atoms with Gasteiger partial charge in [0, 0.05) is 30.3 Å². The smallest absolute Gasteiger partial charge is 0.275 e. The van der Waals surface area contributed by atoms with Crippen molar-refractivity contribution in [1.29, 1.82) is 0 Å². The van der Waals surface area contributed by atoms with Crippen molar-refractivity contribution in [3.05, 3.63) is 69.8 Å². The van der Waals surface area contributed by atoms with Crippen LogP contribution in [0.15, 0.2) is 48.5 Å². The summed E-state index contributed by atoms with van der Waals surface area (Å²) in [7, 11) is -2.02. The van der Waals surface area contributed by atoms with E-state index in [2.05, 4.69) is 39.2 Å². The number of carbonyl (C=O) groups is 1. The topological polar surface area (TPSA) is 81.5 Å². The Morgan fingerprint density at radius 3 is 2.34 bits per heavy atom. The Balaban J connectivity index is 2.02. The van der Waals surface area contributed by atoms with Gasteiger partial charge in [0.15, 0.2) is 14.1 Å². The molecule has 2 aromatic rings. The molecule has 1 heterocycles. The van der Waals surface area contributed by atoms with E-state index >= 15 is 0 Å². The second-order valence-electron chi connectivity index (χ2n) is 9.04. The lowest BCUT2D eigenvalue weighted by atomic mass is 9.82. The summed E-state index contributed by atoms with van der Waals surface area (Å²) < 4.78 is 6.33. The van der Waals surface area contributed by atoms with Crippen molar-refractivity contribution in [2.24, 2.45) is 0 Å². The van der Waals surface area contributed by atoms with Crippen molar-refractivity contribution in [2.75, 3.05) is 11.9 Å². The fourth-order valence-corrected chi connectivity index (χ4v) is 4.52. The Kier molecular flexibility index (Phi) is 5.40. The Morgan fingerprint density at radius 1 is 1.10 bits per heavy atom. The van der Waals surface area contributed by atoms with Crippen molar-refractivity contribution in [3.8, 4) is 0 Å². The summed E-state index contributed by atoms with van der Waals surface area (Å²) in [5.41, 5.74) is 0.356. The first kappa shape index (κ1) is 21.2. The number of carbonyl (C=O) groups excluding carboxylic acids is 1. The van der Waals surface area contributed by atoms with Crippen LogP contribution in [0.25, 0.3) is 0 Å². The molecule has 0 bridgehead atoms. The first-order valence-corrected chi connectivity index (χ1v) is 12.7. The Labute approximate surface area is 172 Å². The van der Waals surface area contributed by atoms with Gasteiger partial charge in [0.25, 0.3) is 5.69 Å². The van der Waals surface area contributed by atoms with Crippen LogP contribution in [0.3, 0.4) is 0 Å². The average Bonchev–Trinajstić information content (AvgIpc) is 2.94. The molecule has 6 nitrogen and oxygen atoms in total. The van der Waals surface area contributed by atoms with E-state index in [-0.39, 0.29) is 16.5 Å². The van der Waals surface area contributed by atoms with Crippen molar-refractivity contribution < 1.29 is 14.1 Å². The molecule has 1 N–H and O–H groups in total. The number of nitro benzene ring substituents is 1. The molecular formula is C22H28N2O4Si. The lowest BCUT2D eigenvalue weighted by Crippen LogP contribution is -2.44. The highest BCUT2D eigenvalue weighted by Gasteiger charge is 2.50. The molecule has 0 spiro atoms. The van der Waals surface area contributed by atoms with Crippen LogP contribution in [-0.2, 0) is 9.96 Å². The quantitative estimate of drug-likeness (QED) is 0.384. The highest BCUT2D eigenvalue weighted by molar-refractivity contribution is 6.74. The van der Waals surface area contributed by atoms with Crippen LogP contribution in [0.1, 0.15) is 43.1 Å². The second-order valence-corrected chi connectivity index (χ2v) is 13.8. The lowest BCUT2D eigenvalue weighted by Gasteiger charge is -2.37. The number of anilines is 1. The van der Waals surface area contributed by atoms with Crippen LogP contribution < -0.4 is 5.32 Å². The number of ketones is 1. The van der Waals surface area contributed by atoms with Gasteiger partial charge in [-0.15, -0.1) is 0 Å². The van der Waals surface area contributed by atoms with Crippen LogP contribution in [-0.4, -0.2) is 25.6 Å². The Morgan fingerprint density at radius 2 is 1.72 bits per heavy atom. The molecular weight excluding hydrogens is 384 g/mol. The third kappa shape index (κ3) is 3.72. The molecule has 154 valence electrons. The predicted octanol–water partition coefficient (Wildman–Crippen LogP) is 5.51. The van der Waals surface area contributed by atoms with Gasteiger partial charge >= 0.3 is 0 Å². The van der Waals surface area contributed by atoms with Crippen molar-refractivity contribution in [1.82, 2.24) is 0 Å². The summed E-state index contributed by atoms with van der Waals surface area (Å²) in [4.78, 5) is 24.8. The number of Topliss-reactive ketones (excluding diaryl/α,β-unsaturated/α-hetero) is 1. The first-order valence-electron chi connectivity index (χ1n) is 9.79. The number of fused-ring (bicyclic) bond motifs is 1. The zero-order valence-electron chi connectivity index (χ0n) is 17.6. The molecule has 1 aliphatic heterocycles. The largest absolute Gasteiger partial charge is 0.417 e. The molecule has 7 heteroatoms. The van der Waals surface area contributed by atoms with Gasteiger partial charge < -0.3 is 9.74 Å². The molecule has 0 amide bonds. The molecule has 0 saturated heterocycles. The number of para-hydroxylation sites is 2. The van der Waals surface area contributed by atoms with E-state index in [0.717, 1.165) is 0 Å². The summed E-state index contributed by atoms with van der Waals surface area (Å²) in [6, 6.07) is 13.7. The van der Waals surface area contributed by atoms with E-state index in [1.165, 1.54) is 6.07 Å². The van der Waals surface area contributed by atoms with Gasteiger partial charge in [-0.3, -0.25) is 14.9 Å². The zero-order chi connectivity index (χ0) is 21.4. The number of nitro groups is 1. The van der Waals surface area contributed by atoms with E-state index in [1.807, 2.05) is 12.1 Å². The minimum atomic E-state index is -2.02. The molecule has 1 aliphatic rings. The van der Waals surface area contributed by atoms with Crippen LogP contribution in [0.4, 0.5) is 11.4 Å². The van der Waals surface area contributed by atoms with Gasteiger partial charge in [-0.05, 0) is 36.3 Å². The highest BCUT2D eigenvalue weighted by atomic mass is 28.4. The minimum Gasteiger partial charge on any atom is -0.417 e. The molecule has 1 atom stereocenters. The van der Waals surface area contributed by atoms with Crippen LogP contribution in [0.5, 0.6) is 0 Å². The highest BCUT2D eigenvalue weighted by Crippen LogP contribution is 2.45. The first-order chi connectivity index (χ1) is 13.5. The SMILES string of the molecule is CC(C)(C)[Si](C)(C)OCC[C@]1(c2ccccc2[N+](=O)[O-])Nc2ccccc2C1=O. The van der Waals surface area contributed by atoms with E-state index in [0.29, 0.717) is 29.8 Å². The monoisotopic (exact) mass is 412 g/mol. The third-order valence-corrected chi connectivity index (χ3v) is 10.8. The fraction of sp³-hybridized carbons (Fsp3) is 0.409. The van der Waals surface area contributed by atoms with Gasteiger partial charge in [-0.25, -0.2) is 0 Å². The average molecular weight is 413 g/mol.